The Kier molecular flexibility index (Phi) is 6.40. The monoisotopic (exact) mass is 409 g/mol. The minimum atomic E-state index is -0.488. The molecule has 1 saturated heterocycles. The van der Waals surface area contributed by atoms with Crippen molar-refractivity contribution in [2.45, 2.75) is 44.4 Å². The fourth-order valence-electron chi connectivity index (χ4n) is 4.29. The second-order valence-corrected chi connectivity index (χ2v) is 7.95. The minimum Gasteiger partial charge on any atom is -0.394 e. The number of amides is 2. The van der Waals surface area contributed by atoms with E-state index >= 15 is 0 Å². The number of carbonyl (C=O) groups is 2. The standard InChI is InChI=1S/C23H27N3O4/c27-14-20-22(30-15-21(28)26(20)13-16-9-11-24-12-10-16)17-5-7-19(8-6-17)25-23(29)18-3-1-2-4-18/h5-12,18,20,22,27H,1-4,13-15H2,(H,25,29)/t20-,22-/m1/s1. The number of nitrogens with zero attached hydrogens (tertiary/aromatic N) is 2. The van der Waals surface area contributed by atoms with Crippen LogP contribution < -0.4 is 5.32 Å². The van der Waals surface area contributed by atoms with Gasteiger partial charge in [0, 0.05) is 30.5 Å². The minimum absolute atomic E-state index is 0.0353. The Morgan fingerprint density at radius 3 is 2.50 bits per heavy atom. The number of hydrogen-bond acceptors (Lipinski definition) is 5. The molecule has 1 aliphatic carbocycles. The molecule has 0 radical (unpaired) electrons. The smallest absolute Gasteiger partial charge is 0.249 e. The number of morpholine rings is 1. The Morgan fingerprint density at radius 2 is 1.83 bits per heavy atom. The Balaban J connectivity index is 1.46. The largest absolute Gasteiger partial charge is 0.394 e. The quantitative estimate of drug-likeness (QED) is 0.765. The normalized spacial score (nSPS) is 22.3. The maximum atomic E-state index is 12.5. The number of aliphatic hydroxyl groups is 1. The van der Waals surface area contributed by atoms with Crippen LogP contribution in [0.4, 0.5) is 5.69 Å². The van der Waals surface area contributed by atoms with E-state index in [1.54, 1.807) is 17.3 Å². The number of nitrogens with one attached hydrogen (secondary N) is 1. The predicted octanol–water partition coefficient (Wildman–Crippen LogP) is 2.67. The molecule has 0 bridgehead atoms. The number of anilines is 1. The molecule has 1 aromatic heterocycles. The van der Waals surface area contributed by atoms with Gasteiger partial charge in [0.2, 0.25) is 11.8 Å². The maximum absolute atomic E-state index is 12.5. The van der Waals surface area contributed by atoms with Gasteiger partial charge in [0.05, 0.1) is 12.6 Å². The highest BCUT2D eigenvalue weighted by molar-refractivity contribution is 5.92. The Bertz CT molecular complexity index is 866. The van der Waals surface area contributed by atoms with Crippen LogP contribution in [0, 0.1) is 5.92 Å². The summed E-state index contributed by atoms with van der Waals surface area (Å²) in [6.07, 6.45) is 7.09. The first-order chi connectivity index (χ1) is 14.7. The zero-order valence-electron chi connectivity index (χ0n) is 16.9. The molecule has 0 unspecified atom stereocenters. The first-order valence-electron chi connectivity index (χ1n) is 10.5. The Hall–Kier alpha value is -2.77. The zero-order chi connectivity index (χ0) is 20.9. The number of aliphatic hydroxyl groups excluding tert-OH is 1. The SMILES string of the molecule is O=C(Nc1ccc([C@H]2OCC(=O)N(Cc3ccncc3)[C@@H]2CO)cc1)C1CCCC1. The molecule has 1 saturated carbocycles. The molecule has 2 aromatic rings. The van der Waals surface area contributed by atoms with E-state index in [0.717, 1.165) is 42.5 Å². The number of benzene rings is 1. The van der Waals surface area contributed by atoms with Gasteiger partial charge in [-0.2, -0.15) is 0 Å². The van der Waals surface area contributed by atoms with Gasteiger partial charge in [-0.15, -0.1) is 0 Å². The average molecular weight is 409 g/mol. The van der Waals surface area contributed by atoms with Crippen LogP contribution in [-0.4, -0.2) is 46.1 Å². The van der Waals surface area contributed by atoms with E-state index in [0.29, 0.717) is 6.54 Å². The van der Waals surface area contributed by atoms with Crippen molar-refractivity contribution in [1.82, 2.24) is 9.88 Å². The first-order valence-corrected chi connectivity index (χ1v) is 10.5. The van der Waals surface area contributed by atoms with E-state index in [-0.39, 0.29) is 30.9 Å². The molecule has 2 N–H and O–H groups in total. The summed E-state index contributed by atoms with van der Waals surface area (Å²) in [6.45, 7) is 0.149. The molecule has 2 fully saturated rings. The van der Waals surface area contributed by atoms with Gasteiger partial charge in [0.25, 0.3) is 0 Å². The van der Waals surface area contributed by atoms with Crippen LogP contribution in [-0.2, 0) is 20.9 Å². The lowest BCUT2D eigenvalue weighted by Gasteiger charge is -2.40. The van der Waals surface area contributed by atoms with Crippen LogP contribution in [0.3, 0.4) is 0 Å². The lowest BCUT2D eigenvalue weighted by molar-refractivity contribution is -0.162. The fraction of sp³-hybridized carbons (Fsp3) is 0.435. The molecule has 0 spiro atoms. The Labute approximate surface area is 176 Å². The van der Waals surface area contributed by atoms with Crippen molar-refractivity contribution in [2.24, 2.45) is 5.92 Å². The topological polar surface area (TPSA) is 91.8 Å². The summed E-state index contributed by atoms with van der Waals surface area (Å²) in [5.41, 5.74) is 2.55. The van der Waals surface area contributed by atoms with E-state index in [1.165, 1.54) is 0 Å². The van der Waals surface area contributed by atoms with Crippen molar-refractivity contribution in [1.29, 1.82) is 0 Å². The summed E-state index contributed by atoms with van der Waals surface area (Å²) in [5, 5.41) is 13.0. The summed E-state index contributed by atoms with van der Waals surface area (Å²) in [7, 11) is 0. The van der Waals surface area contributed by atoms with E-state index in [9.17, 15) is 14.7 Å². The Morgan fingerprint density at radius 1 is 1.13 bits per heavy atom. The van der Waals surface area contributed by atoms with Gasteiger partial charge in [-0.1, -0.05) is 25.0 Å². The van der Waals surface area contributed by atoms with Gasteiger partial charge in [-0.25, -0.2) is 0 Å². The summed E-state index contributed by atoms with van der Waals surface area (Å²) < 4.78 is 5.80. The summed E-state index contributed by atoms with van der Waals surface area (Å²) in [5.74, 6) is 0.0389. The number of hydrogen-bond donors (Lipinski definition) is 2. The number of rotatable bonds is 6. The second kappa shape index (κ2) is 9.36. The number of ether oxygens (including phenoxy) is 1. The van der Waals surface area contributed by atoms with Crippen molar-refractivity contribution in [3.63, 3.8) is 0 Å². The summed E-state index contributed by atoms with van der Waals surface area (Å²) in [4.78, 5) is 30.5. The summed E-state index contributed by atoms with van der Waals surface area (Å²) in [6, 6.07) is 10.7. The molecule has 1 aromatic carbocycles. The highest BCUT2D eigenvalue weighted by Gasteiger charge is 2.37. The van der Waals surface area contributed by atoms with Crippen molar-refractivity contribution >= 4 is 17.5 Å². The van der Waals surface area contributed by atoms with E-state index in [1.807, 2.05) is 36.4 Å². The van der Waals surface area contributed by atoms with Crippen LogP contribution in [0.2, 0.25) is 0 Å². The molecule has 7 nitrogen and oxygen atoms in total. The number of aromatic nitrogens is 1. The molecule has 2 atom stereocenters. The predicted molar refractivity (Wildman–Crippen MR) is 111 cm³/mol. The van der Waals surface area contributed by atoms with Gasteiger partial charge in [-0.3, -0.25) is 14.6 Å². The highest BCUT2D eigenvalue weighted by atomic mass is 16.5. The van der Waals surface area contributed by atoms with Crippen molar-refractivity contribution in [2.75, 3.05) is 18.5 Å². The second-order valence-electron chi connectivity index (χ2n) is 7.95. The number of carbonyl (C=O) groups excluding carboxylic acids is 2. The van der Waals surface area contributed by atoms with Crippen LogP contribution in [0.5, 0.6) is 0 Å². The van der Waals surface area contributed by atoms with Gasteiger partial charge in [0.1, 0.15) is 12.7 Å². The third kappa shape index (κ3) is 4.52. The first kappa shape index (κ1) is 20.5. The highest BCUT2D eigenvalue weighted by Crippen LogP contribution is 2.31. The van der Waals surface area contributed by atoms with Gasteiger partial charge < -0.3 is 20.1 Å². The molecule has 4 rings (SSSR count). The molecular weight excluding hydrogens is 382 g/mol. The van der Waals surface area contributed by atoms with Gasteiger partial charge in [0.15, 0.2) is 0 Å². The maximum Gasteiger partial charge on any atom is 0.249 e. The van der Waals surface area contributed by atoms with Crippen LogP contribution in [0.25, 0.3) is 0 Å². The third-order valence-electron chi connectivity index (χ3n) is 5.98. The van der Waals surface area contributed by atoms with Gasteiger partial charge in [-0.05, 0) is 48.2 Å². The molecule has 158 valence electrons. The fourth-order valence-corrected chi connectivity index (χ4v) is 4.29. The molecule has 2 amide bonds. The van der Waals surface area contributed by atoms with E-state index in [2.05, 4.69) is 10.3 Å². The van der Waals surface area contributed by atoms with Crippen LogP contribution in [0.1, 0.15) is 42.9 Å². The molecular formula is C23H27N3O4. The van der Waals surface area contributed by atoms with Crippen molar-refractivity contribution in [3.05, 3.63) is 59.9 Å². The van der Waals surface area contributed by atoms with Crippen LogP contribution in [0.15, 0.2) is 48.8 Å². The molecule has 1 aliphatic heterocycles. The van der Waals surface area contributed by atoms with Gasteiger partial charge >= 0.3 is 0 Å². The van der Waals surface area contributed by atoms with E-state index < -0.39 is 12.1 Å². The molecule has 2 aliphatic rings. The van der Waals surface area contributed by atoms with Crippen molar-refractivity contribution < 1.29 is 19.4 Å². The average Bonchev–Trinajstić information content (AvgIpc) is 3.32. The number of pyridine rings is 1. The summed E-state index contributed by atoms with van der Waals surface area (Å²) >= 11 is 0. The molecule has 30 heavy (non-hydrogen) atoms. The van der Waals surface area contributed by atoms with Crippen molar-refractivity contribution in [3.8, 4) is 0 Å². The van der Waals surface area contributed by atoms with Crippen LogP contribution >= 0.6 is 0 Å². The zero-order valence-corrected chi connectivity index (χ0v) is 16.9. The molecule has 2 heterocycles. The third-order valence-corrected chi connectivity index (χ3v) is 5.98. The van der Waals surface area contributed by atoms with E-state index in [4.69, 9.17) is 4.74 Å². The molecule has 7 heteroatoms. The lowest BCUT2D eigenvalue weighted by Crippen LogP contribution is -2.52. The lowest BCUT2D eigenvalue weighted by atomic mass is 9.98.